The lowest BCUT2D eigenvalue weighted by Gasteiger charge is -2.44. The van der Waals surface area contributed by atoms with Gasteiger partial charge < -0.3 is 34.3 Å². The van der Waals surface area contributed by atoms with Gasteiger partial charge in [0, 0.05) is 18.0 Å². The van der Waals surface area contributed by atoms with Gasteiger partial charge in [-0.1, -0.05) is 6.58 Å². The highest BCUT2D eigenvalue weighted by Crippen LogP contribution is 2.51. The number of fused-ring (bicyclic) bond motifs is 3. The zero-order chi connectivity index (χ0) is 28.6. The van der Waals surface area contributed by atoms with Crippen molar-refractivity contribution in [3.63, 3.8) is 0 Å². The van der Waals surface area contributed by atoms with Crippen LogP contribution < -0.4 is 9.47 Å². The summed E-state index contributed by atoms with van der Waals surface area (Å²) in [5.41, 5.74) is -1.79. The number of carbonyl (C=O) groups is 2. The quantitative estimate of drug-likeness (QED) is 0.280. The van der Waals surface area contributed by atoms with Gasteiger partial charge in [-0.25, -0.2) is 4.79 Å². The van der Waals surface area contributed by atoms with Crippen LogP contribution >= 0.6 is 0 Å². The third-order valence-corrected chi connectivity index (χ3v) is 8.44. The Labute approximate surface area is 229 Å². The molecule has 1 aromatic rings. The van der Waals surface area contributed by atoms with Crippen molar-refractivity contribution in [3.05, 3.63) is 35.6 Å². The van der Waals surface area contributed by atoms with Gasteiger partial charge in [0.25, 0.3) is 0 Å². The number of methoxy groups -OCH3 is 1. The average molecular weight is 548 g/mol. The Morgan fingerprint density at radius 2 is 1.90 bits per heavy atom. The second-order valence-corrected chi connectivity index (χ2v) is 11.8. The number of esters is 1. The molecule has 4 rings (SSSR count). The zero-order valence-electron chi connectivity index (χ0n) is 23.3. The van der Waals surface area contributed by atoms with Gasteiger partial charge >= 0.3 is 11.9 Å². The summed E-state index contributed by atoms with van der Waals surface area (Å²) in [5, 5.41) is 30.9. The molecule has 3 heterocycles. The molecule has 0 aliphatic carbocycles. The van der Waals surface area contributed by atoms with Gasteiger partial charge in [0.05, 0.1) is 19.1 Å². The Morgan fingerprint density at radius 1 is 1.21 bits per heavy atom. The van der Waals surface area contributed by atoms with Crippen molar-refractivity contribution in [3.8, 4) is 11.5 Å². The first-order valence-electron chi connectivity index (χ1n) is 13.6. The number of benzene rings is 1. The van der Waals surface area contributed by atoms with Gasteiger partial charge in [-0.15, -0.1) is 0 Å². The molecule has 0 bridgehead atoms. The molecule has 10 heteroatoms. The number of aliphatic hydroxyl groups is 2. The summed E-state index contributed by atoms with van der Waals surface area (Å²) in [7, 11) is 1.45. The van der Waals surface area contributed by atoms with E-state index in [4.69, 9.17) is 18.9 Å². The summed E-state index contributed by atoms with van der Waals surface area (Å²) in [4.78, 5) is 27.7. The number of ether oxygens (including phenoxy) is 4. The molecule has 1 fully saturated rings. The van der Waals surface area contributed by atoms with Crippen molar-refractivity contribution in [1.82, 2.24) is 4.90 Å². The molecule has 10 nitrogen and oxygen atoms in total. The maximum atomic E-state index is 13.7. The van der Waals surface area contributed by atoms with Crippen LogP contribution in [0.25, 0.3) is 0 Å². The predicted octanol–water partition coefficient (Wildman–Crippen LogP) is 3.13. The highest BCUT2D eigenvalue weighted by Gasteiger charge is 2.53. The Bertz CT molecular complexity index is 1110. The average Bonchev–Trinajstić information content (AvgIpc) is 3.43. The predicted molar refractivity (Wildman–Crippen MR) is 142 cm³/mol. The van der Waals surface area contributed by atoms with E-state index in [-0.39, 0.29) is 31.8 Å². The minimum atomic E-state index is -2.29. The van der Waals surface area contributed by atoms with Crippen molar-refractivity contribution in [2.24, 2.45) is 0 Å². The van der Waals surface area contributed by atoms with Crippen LogP contribution in [0.4, 0.5) is 0 Å². The maximum Gasteiger partial charge on any atom is 0.339 e. The van der Waals surface area contributed by atoms with E-state index in [2.05, 4.69) is 18.4 Å². The van der Waals surface area contributed by atoms with Crippen molar-refractivity contribution in [1.29, 1.82) is 0 Å². The molecule has 3 aliphatic rings. The van der Waals surface area contributed by atoms with Gasteiger partial charge in [-0.3, -0.25) is 9.69 Å². The molecule has 0 amide bonds. The molecular weight excluding hydrogens is 506 g/mol. The van der Waals surface area contributed by atoms with Crippen LogP contribution in [0.15, 0.2) is 24.5 Å². The third kappa shape index (κ3) is 6.02. The van der Waals surface area contributed by atoms with E-state index in [1.54, 1.807) is 13.8 Å². The summed E-state index contributed by atoms with van der Waals surface area (Å²) in [6, 6.07) is 3.91. The first-order valence-corrected chi connectivity index (χ1v) is 13.6. The van der Waals surface area contributed by atoms with Gasteiger partial charge in [0.1, 0.15) is 5.76 Å². The van der Waals surface area contributed by atoms with Gasteiger partial charge in [0.2, 0.25) is 6.79 Å². The van der Waals surface area contributed by atoms with Gasteiger partial charge in [-0.2, -0.15) is 0 Å². The van der Waals surface area contributed by atoms with E-state index in [0.717, 1.165) is 43.5 Å². The Hall–Kier alpha value is -2.82. The van der Waals surface area contributed by atoms with E-state index in [1.165, 1.54) is 7.11 Å². The number of carboxylic acids is 1. The molecule has 216 valence electrons. The largest absolute Gasteiger partial charge is 0.498 e. The molecular formula is C29H41NO9. The number of aliphatic carboxylic acids is 1. The SMILES string of the molecule is C=C(OC)C(OC(=O)[C@](O)(CCCC(C)(C)O)CC(=O)O)C1c2cc3c(cc2CCN2CCC[C@@]12C)OCO3. The monoisotopic (exact) mass is 547 g/mol. The van der Waals surface area contributed by atoms with Crippen LogP contribution in [0.2, 0.25) is 0 Å². The molecule has 39 heavy (non-hydrogen) atoms. The molecule has 0 spiro atoms. The van der Waals surface area contributed by atoms with Crippen LogP contribution in [0, 0.1) is 0 Å². The summed E-state index contributed by atoms with van der Waals surface area (Å²) in [6.07, 6.45) is 1.03. The van der Waals surface area contributed by atoms with Crippen LogP contribution in [-0.4, -0.2) is 82.0 Å². The smallest absolute Gasteiger partial charge is 0.339 e. The van der Waals surface area contributed by atoms with E-state index in [1.807, 2.05) is 12.1 Å². The number of rotatable bonds is 11. The fraction of sp³-hybridized carbons (Fsp3) is 0.655. The molecule has 4 atom stereocenters. The molecule has 1 aromatic carbocycles. The molecule has 3 N–H and O–H groups in total. The minimum Gasteiger partial charge on any atom is -0.498 e. The summed E-state index contributed by atoms with van der Waals surface area (Å²) in [5.74, 6) is -1.35. The molecule has 3 aliphatic heterocycles. The van der Waals surface area contributed by atoms with E-state index in [9.17, 15) is 24.9 Å². The van der Waals surface area contributed by atoms with Crippen molar-refractivity contribution in [2.45, 2.75) is 94.5 Å². The number of hydrogen-bond acceptors (Lipinski definition) is 9. The second-order valence-electron chi connectivity index (χ2n) is 11.8. The lowest BCUT2D eigenvalue weighted by molar-refractivity contribution is -0.179. The molecule has 0 saturated carbocycles. The van der Waals surface area contributed by atoms with Crippen molar-refractivity contribution < 1.29 is 43.9 Å². The summed E-state index contributed by atoms with van der Waals surface area (Å²) in [6.45, 7) is 11.2. The van der Waals surface area contributed by atoms with E-state index < -0.39 is 47.1 Å². The van der Waals surface area contributed by atoms with Crippen LogP contribution in [0.1, 0.15) is 76.3 Å². The molecule has 2 unspecified atom stereocenters. The highest BCUT2D eigenvalue weighted by molar-refractivity contribution is 5.85. The second kappa shape index (κ2) is 11.0. The first-order chi connectivity index (χ1) is 18.3. The highest BCUT2D eigenvalue weighted by atomic mass is 16.7. The number of carbonyl (C=O) groups excluding carboxylic acids is 1. The fourth-order valence-electron chi connectivity index (χ4n) is 6.33. The topological polar surface area (TPSA) is 135 Å². The molecule has 0 radical (unpaired) electrons. The molecule has 0 aromatic heterocycles. The van der Waals surface area contributed by atoms with Gasteiger partial charge in [-0.05, 0) is 89.1 Å². The minimum absolute atomic E-state index is 0.127. The van der Waals surface area contributed by atoms with Gasteiger partial charge in [0.15, 0.2) is 23.2 Å². The van der Waals surface area contributed by atoms with Crippen LogP contribution in [0.3, 0.4) is 0 Å². The normalized spacial score (nSPS) is 24.6. The van der Waals surface area contributed by atoms with Crippen LogP contribution in [0.5, 0.6) is 11.5 Å². The number of carboxylic acid groups (broad SMARTS) is 1. The summed E-state index contributed by atoms with van der Waals surface area (Å²) >= 11 is 0. The van der Waals surface area contributed by atoms with E-state index in [0.29, 0.717) is 11.5 Å². The zero-order valence-corrected chi connectivity index (χ0v) is 23.3. The number of hydrogen-bond donors (Lipinski definition) is 3. The Balaban J connectivity index is 1.74. The maximum absolute atomic E-state index is 13.7. The Morgan fingerprint density at radius 3 is 2.54 bits per heavy atom. The Kier molecular flexibility index (Phi) is 8.21. The standard InChI is InChI=1S/C29H41NO9/c1-18(36-5)25(39-26(33)29(35,16-23(31)32)11-6-9-27(2,3)34)24-20-15-22-21(37-17-38-22)14-19(20)8-13-30-12-7-10-28(24,30)4/h14-15,24-25,34-35H,1,6-13,16-17H2,2-5H3,(H,31,32)/t24?,25?,28-,29-/m0/s1. The number of nitrogens with zero attached hydrogens (tertiary/aromatic N) is 1. The van der Waals surface area contributed by atoms with Crippen molar-refractivity contribution >= 4 is 11.9 Å². The summed E-state index contributed by atoms with van der Waals surface area (Å²) < 4.78 is 22.9. The lowest BCUT2D eigenvalue weighted by atomic mass is 9.74. The third-order valence-electron chi connectivity index (χ3n) is 8.44. The fourth-order valence-corrected chi connectivity index (χ4v) is 6.33. The lowest BCUT2D eigenvalue weighted by Crippen LogP contribution is -2.52. The van der Waals surface area contributed by atoms with Crippen LogP contribution in [-0.2, 0) is 25.5 Å². The first kappa shape index (κ1) is 29.2. The van der Waals surface area contributed by atoms with E-state index >= 15 is 0 Å². The molecule has 1 saturated heterocycles. The van der Waals surface area contributed by atoms with Crippen molar-refractivity contribution in [2.75, 3.05) is 27.0 Å².